The van der Waals surface area contributed by atoms with Gasteiger partial charge in [-0.3, -0.25) is 4.79 Å². The summed E-state index contributed by atoms with van der Waals surface area (Å²) in [5, 5.41) is 8.58. The van der Waals surface area contributed by atoms with Crippen LogP contribution in [0.25, 0.3) is 0 Å². The molecule has 0 bridgehead atoms. The zero-order valence-electron chi connectivity index (χ0n) is 9.75. The van der Waals surface area contributed by atoms with Crippen LogP contribution in [0.3, 0.4) is 0 Å². The van der Waals surface area contributed by atoms with Crippen LogP contribution >= 0.6 is 0 Å². The van der Waals surface area contributed by atoms with E-state index in [0.717, 1.165) is 25.7 Å². The molecule has 1 aliphatic carbocycles. The molecule has 1 rings (SSSR count). The molecule has 1 aliphatic rings. The molecule has 84 valence electrons. The number of esters is 1. The number of carbonyl (C=O) groups excluding carboxylic acids is 1. The Morgan fingerprint density at radius 2 is 2.40 bits per heavy atom. The summed E-state index contributed by atoms with van der Waals surface area (Å²) in [7, 11) is 0. The van der Waals surface area contributed by atoms with Crippen LogP contribution in [-0.2, 0) is 9.53 Å². The molecule has 0 N–H and O–H groups in total. The minimum Gasteiger partial charge on any atom is -0.447 e. The van der Waals surface area contributed by atoms with E-state index >= 15 is 0 Å². The van der Waals surface area contributed by atoms with Gasteiger partial charge >= 0.3 is 5.97 Å². The van der Waals surface area contributed by atoms with Gasteiger partial charge in [-0.1, -0.05) is 13.3 Å². The Bertz CT molecular complexity index is 282. The molecular formula is C12H19NO2. The molecule has 1 fully saturated rings. The van der Waals surface area contributed by atoms with Crippen molar-refractivity contribution in [3.63, 3.8) is 0 Å². The highest BCUT2D eigenvalue weighted by atomic mass is 16.5. The lowest BCUT2D eigenvalue weighted by molar-refractivity contribution is -0.157. The standard InChI is InChI=1S/C12H19NO2/c1-4-10-5-6-12(3,7-10)11(14)15-9(2)8-13/h9-10H,4-7H2,1-3H3. The predicted octanol–water partition coefficient (Wildman–Crippen LogP) is 2.66. The second-order valence-electron chi connectivity index (χ2n) is 4.75. The molecule has 0 aliphatic heterocycles. The number of hydrogen-bond donors (Lipinski definition) is 0. The van der Waals surface area contributed by atoms with E-state index in [0.29, 0.717) is 5.92 Å². The average molecular weight is 209 g/mol. The summed E-state index contributed by atoms with van der Waals surface area (Å²) in [5.74, 6) is 0.437. The number of hydrogen-bond acceptors (Lipinski definition) is 3. The van der Waals surface area contributed by atoms with Gasteiger partial charge in [0.15, 0.2) is 6.10 Å². The van der Waals surface area contributed by atoms with Gasteiger partial charge in [-0.05, 0) is 39.0 Å². The number of nitrogens with zero attached hydrogens (tertiary/aromatic N) is 1. The molecule has 15 heavy (non-hydrogen) atoms. The van der Waals surface area contributed by atoms with Crippen LogP contribution in [0, 0.1) is 22.7 Å². The van der Waals surface area contributed by atoms with Gasteiger partial charge < -0.3 is 4.74 Å². The lowest BCUT2D eigenvalue weighted by Gasteiger charge is -2.22. The Kier molecular flexibility index (Phi) is 3.73. The van der Waals surface area contributed by atoms with Crippen molar-refractivity contribution < 1.29 is 9.53 Å². The summed E-state index contributed by atoms with van der Waals surface area (Å²) in [6, 6.07) is 1.92. The number of rotatable bonds is 3. The summed E-state index contributed by atoms with van der Waals surface area (Å²) >= 11 is 0. The Labute approximate surface area is 91.4 Å². The summed E-state index contributed by atoms with van der Waals surface area (Å²) < 4.78 is 5.08. The van der Waals surface area contributed by atoms with Crippen molar-refractivity contribution >= 4 is 5.97 Å². The van der Waals surface area contributed by atoms with Crippen LogP contribution in [0.2, 0.25) is 0 Å². The molecule has 3 nitrogen and oxygen atoms in total. The van der Waals surface area contributed by atoms with E-state index in [2.05, 4.69) is 6.92 Å². The first-order valence-electron chi connectivity index (χ1n) is 5.62. The summed E-state index contributed by atoms with van der Waals surface area (Å²) in [5.41, 5.74) is -0.355. The van der Waals surface area contributed by atoms with E-state index in [4.69, 9.17) is 10.00 Å². The monoisotopic (exact) mass is 209 g/mol. The minimum absolute atomic E-state index is 0.201. The SMILES string of the molecule is CCC1CCC(C)(C(=O)OC(C)C#N)C1. The molecule has 0 spiro atoms. The van der Waals surface area contributed by atoms with Crippen LogP contribution < -0.4 is 0 Å². The Morgan fingerprint density at radius 3 is 2.87 bits per heavy atom. The summed E-state index contributed by atoms with van der Waals surface area (Å²) in [6.45, 7) is 5.71. The molecule has 0 aromatic rings. The van der Waals surface area contributed by atoms with Crippen molar-refractivity contribution in [1.82, 2.24) is 0 Å². The highest BCUT2D eigenvalue weighted by molar-refractivity contribution is 5.77. The first kappa shape index (κ1) is 12.0. The van der Waals surface area contributed by atoms with Gasteiger partial charge in [0.05, 0.1) is 5.41 Å². The van der Waals surface area contributed by atoms with Crippen molar-refractivity contribution in [2.45, 2.75) is 52.6 Å². The van der Waals surface area contributed by atoms with Crippen LogP contribution in [0.1, 0.15) is 46.5 Å². The zero-order chi connectivity index (χ0) is 11.5. The van der Waals surface area contributed by atoms with Crippen molar-refractivity contribution in [2.24, 2.45) is 11.3 Å². The first-order chi connectivity index (χ1) is 7.01. The maximum Gasteiger partial charge on any atom is 0.313 e. The first-order valence-corrected chi connectivity index (χ1v) is 5.62. The normalized spacial score (nSPS) is 32.0. The third-order valence-corrected chi connectivity index (χ3v) is 3.38. The van der Waals surface area contributed by atoms with E-state index < -0.39 is 6.10 Å². The van der Waals surface area contributed by atoms with E-state index in [1.165, 1.54) is 0 Å². The molecule has 3 heteroatoms. The summed E-state index contributed by atoms with van der Waals surface area (Å²) in [6.07, 6.45) is 3.39. The minimum atomic E-state index is -0.630. The van der Waals surface area contributed by atoms with Gasteiger partial charge in [-0.25, -0.2) is 0 Å². The van der Waals surface area contributed by atoms with Crippen molar-refractivity contribution in [1.29, 1.82) is 5.26 Å². The molecular weight excluding hydrogens is 190 g/mol. The van der Waals surface area contributed by atoms with Gasteiger partial charge in [0.2, 0.25) is 0 Å². The maximum atomic E-state index is 11.8. The van der Waals surface area contributed by atoms with Gasteiger partial charge in [0.25, 0.3) is 0 Å². The quantitative estimate of drug-likeness (QED) is 0.671. The molecule has 3 atom stereocenters. The molecule has 0 aromatic heterocycles. The largest absolute Gasteiger partial charge is 0.447 e. The Balaban J connectivity index is 2.56. The van der Waals surface area contributed by atoms with Crippen LogP contribution in [-0.4, -0.2) is 12.1 Å². The summed E-state index contributed by atoms with van der Waals surface area (Å²) in [4.78, 5) is 11.8. The second-order valence-corrected chi connectivity index (χ2v) is 4.75. The average Bonchev–Trinajstić information content (AvgIpc) is 2.61. The van der Waals surface area contributed by atoms with E-state index in [9.17, 15) is 4.79 Å². The van der Waals surface area contributed by atoms with Crippen LogP contribution in [0.4, 0.5) is 0 Å². The van der Waals surface area contributed by atoms with E-state index in [1.807, 2.05) is 13.0 Å². The van der Waals surface area contributed by atoms with Crippen molar-refractivity contribution in [3.05, 3.63) is 0 Å². The Morgan fingerprint density at radius 1 is 1.73 bits per heavy atom. The van der Waals surface area contributed by atoms with Gasteiger partial charge in [0, 0.05) is 0 Å². The molecule has 0 amide bonds. The third-order valence-electron chi connectivity index (χ3n) is 3.38. The maximum absolute atomic E-state index is 11.8. The highest BCUT2D eigenvalue weighted by Gasteiger charge is 2.42. The fourth-order valence-electron chi connectivity index (χ4n) is 2.23. The molecule has 0 aromatic carbocycles. The van der Waals surface area contributed by atoms with Gasteiger partial charge in [0.1, 0.15) is 6.07 Å². The highest BCUT2D eigenvalue weighted by Crippen LogP contribution is 2.43. The molecule has 3 unspecified atom stereocenters. The number of nitriles is 1. The third kappa shape index (κ3) is 2.71. The lowest BCUT2D eigenvalue weighted by atomic mass is 9.87. The van der Waals surface area contributed by atoms with Crippen LogP contribution in [0.15, 0.2) is 0 Å². The smallest absolute Gasteiger partial charge is 0.313 e. The lowest BCUT2D eigenvalue weighted by Crippen LogP contribution is -2.29. The second kappa shape index (κ2) is 4.65. The zero-order valence-corrected chi connectivity index (χ0v) is 9.75. The molecule has 0 heterocycles. The van der Waals surface area contributed by atoms with Crippen LogP contribution in [0.5, 0.6) is 0 Å². The molecule has 0 radical (unpaired) electrons. The van der Waals surface area contributed by atoms with Crippen molar-refractivity contribution in [2.75, 3.05) is 0 Å². The van der Waals surface area contributed by atoms with E-state index in [1.54, 1.807) is 6.92 Å². The van der Waals surface area contributed by atoms with Gasteiger partial charge in [-0.15, -0.1) is 0 Å². The molecule has 0 saturated heterocycles. The topological polar surface area (TPSA) is 50.1 Å². The van der Waals surface area contributed by atoms with Gasteiger partial charge in [-0.2, -0.15) is 5.26 Å². The molecule has 1 saturated carbocycles. The predicted molar refractivity (Wildman–Crippen MR) is 56.9 cm³/mol. The van der Waals surface area contributed by atoms with E-state index in [-0.39, 0.29) is 11.4 Å². The number of ether oxygens (including phenoxy) is 1. The van der Waals surface area contributed by atoms with Crippen molar-refractivity contribution in [3.8, 4) is 6.07 Å². The fraction of sp³-hybridized carbons (Fsp3) is 0.833. The number of carbonyl (C=O) groups is 1. The fourth-order valence-corrected chi connectivity index (χ4v) is 2.23. The Hall–Kier alpha value is -1.04.